The molecule has 0 spiro atoms. The summed E-state index contributed by atoms with van der Waals surface area (Å²) in [6.45, 7) is 2.01. The van der Waals surface area contributed by atoms with Gasteiger partial charge in [-0.25, -0.2) is 8.42 Å². The molecule has 2 rings (SSSR count). The summed E-state index contributed by atoms with van der Waals surface area (Å²) in [5, 5.41) is 10.8. The van der Waals surface area contributed by atoms with Crippen LogP contribution in [0.3, 0.4) is 0 Å². The van der Waals surface area contributed by atoms with Crippen LogP contribution in [-0.2, 0) is 16.4 Å². The van der Waals surface area contributed by atoms with Gasteiger partial charge >= 0.3 is 0 Å². The summed E-state index contributed by atoms with van der Waals surface area (Å²) < 4.78 is 37.2. The van der Waals surface area contributed by atoms with Crippen LogP contribution in [0, 0.1) is 10.1 Å². The van der Waals surface area contributed by atoms with Gasteiger partial charge in [0.1, 0.15) is 23.9 Å². The van der Waals surface area contributed by atoms with Gasteiger partial charge in [-0.1, -0.05) is 19.1 Å². The lowest BCUT2D eigenvalue weighted by Crippen LogP contribution is -2.21. The average molecular weight is 380 g/mol. The van der Waals surface area contributed by atoms with E-state index in [4.69, 9.17) is 9.47 Å². The van der Waals surface area contributed by atoms with E-state index in [9.17, 15) is 18.5 Å². The van der Waals surface area contributed by atoms with E-state index in [0.717, 1.165) is 18.1 Å². The number of non-ortho nitro benzene ring substituents is 1. The highest BCUT2D eigenvalue weighted by Crippen LogP contribution is 2.29. The van der Waals surface area contributed by atoms with Crippen molar-refractivity contribution in [3.63, 3.8) is 0 Å². The summed E-state index contributed by atoms with van der Waals surface area (Å²) in [5.41, 5.74) is 1.10. The number of anilines is 1. The van der Waals surface area contributed by atoms with E-state index in [1.165, 1.54) is 19.2 Å². The number of sulfonamides is 1. The first-order chi connectivity index (χ1) is 12.3. The van der Waals surface area contributed by atoms with Crippen LogP contribution < -0.4 is 14.2 Å². The van der Waals surface area contributed by atoms with Crippen molar-refractivity contribution in [2.45, 2.75) is 13.3 Å². The van der Waals surface area contributed by atoms with Crippen LogP contribution >= 0.6 is 0 Å². The lowest BCUT2D eigenvalue weighted by Gasteiger charge is -2.12. The van der Waals surface area contributed by atoms with Crippen molar-refractivity contribution in [1.29, 1.82) is 0 Å². The van der Waals surface area contributed by atoms with E-state index in [-0.39, 0.29) is 29.5 Å². The third kappa shape index (κ3) is 5.35. The van der Waals surface area contributed by atoms with Gasteiger partial charge < -0.3 is 9.47 Å². The Hall–Kier alpha value is -2.81. The summed E-state index contributed by atoms with van der Waals surface area (Å²) in [6, 6.07) is 11.1. The van der Waals surface area contributed by atoms with Gasteiger partial charge in [-0.05, 0) is 30.2 Å². The largest absolute Gasteiger partial charge is 0.494 e. The second kappa shape index (κ2) is 8.52. The van der Waals surface area contributed by atoms with Crippen LogP contribution in [0.2, 0.25) is 0 Å². The minimum atomic E-state index is -3.71. The van der Waals surface area contributed by atoms with Crippen molar-refractivity contribution in [2.24, 2.45) is 0 Å². The predicted octanol–water partition coefficient (Wildman–Crippen LogP) is 2.99. The van der Waals surface area contributed by atoms with Crippen molar-refractivity contribution >= 4 is 21.4 Å². The highest BCUT2D eigenvalue weighted by atomic mass is 32.2. The molecule has 140 valence electrons. The number of hydrogen-bond acceptors (Lipinski definition) is 6. The molecule has 1 N–H and O–H groups in total. The molecule has 9 heteroatoms. The van der Waals surface area contributed by atoms with Crippen LogP contribution in [0.25, 0.3) is 0 Å². The molecular formula is C17H20N2O6S. The van der Waals surface area contributed by atoms with Crippen molar-refractivity contribution in [3.05, 3.63) is 58.1 Å². The summed E-state index contributed by atoms with van der Waals surface area (Å²) in [5.74, 6) is 0.382. The Morgan fingerprint density at radius 1 is 1.15 bits per heavy atom. The highest BCUT2D eigenvalue weighted by molar-refractivity contribution is 7.92. The standard InChI is InChI=1S/C17H20N2O6S/c1-3-13-4-7-15(8-5-13)25-10-11-26(22,23)18-16-9-6-14(19(20)21)12-17(16)24-2/h4-9,12,18H,3,10-11H2,1-2H3. The Balaban J connectivity index is 1.98. The Bertz CT molecular complexity index is 865. The lowest BCUT2D eigenvalue weighted by molar-refractivity contribution is -0.384. The fourth-order valence-electron chi connectivity index (χ4n) is 2.19. The normalized spacial score (nSPS) is 11.0. The number of rotatable bonds is 9. The Morgan fingerprint density at radius 3 is 2.42 bits per heavy atom. The summed E-state index contributed by atoms with van der Waals surface area (Å²) in [7, 11) is -2.40. The predicted molar refractivity (Wildman–Crippen MR) is 98.4 cm³/mol. The maximum Gasteiger partial charge on any atom is 0.273 e. The van der Waals surface area contributed by atoms with E-state index in [1.54, 1.807) is 12.1 Å². The molecule has 0 amide bonds. The number of hydrogen-bond donors (Lipinski definition) is 1. The number of methoxy groups -OCH3 is 1. The second-order valence-corrected chi connectivity index (χ2v) is 7.25. The van der Waals surface area contributed by atoms with Crippen molar-refractivity contribution in [3.8, 4) is 11.5 Å². The van der Waals surface area contributed by atoms with Crippen LogP contribution in [0.15, 0.2) is 42.5 Å². The van der Waals surface area contributed by atoms with Gasteiger partial charge in [-0.2, -0.15) is 0 Å². The van der Waals surface area contributed by atoms with Crippen LogP contribution in [0.5, 0.6) is 11.5 Å². The minimum absolute atomic E-state index is 0.0316. The van der Waals surface area contributed by atoms with Crippen LogP contribution in [0.4, 0.5) is 11.4 Å². The number of nitrogens with one attached hydrogen (secondary N) is 1. The van der Waals surface area contributed by atoms with Gasteiger partial charge in [0, 0.05) is 6.07 Å². The molecule has 0 saturated heterocycles. The fraction of sp³-hybridized carbons (Fsp3) is 0.294. The number of nitro benzene ring substituents is 1. The van der Waals surface area contributed by atoms with E-state index < -0.39 is 14.9 Å². The summed E-state index contributed by atoms with van der Waals surface area (Å²) >= 11 is 0. The number of nitro groups is 1. The average Bonchev–Trinajstić information content (AvgIpc) is 2.62. The number of nitrogens with zero attached hydrogens (tertiary/aromatic N) is 1. The number of ether oxygens (including phenoxy) is 2. The smallest absolute Gasteiger partial charge is 0.273 e. The highest BCUT2D eigenvalue weighted by Gasteiger charge is 2.17. The summed E-state index contributed by atoms with van der Waals surface area (Å²) in [4.78, 5) is 10.2. The van der Waals surface area contributed by atoms with Crippen molar-refractivity contribution in [1.82, 2.24) is 0 Å². The van der Waals surface area contributed by atoms with E-state index in [0.29, 0.717) is 5.75 Å². The molecule has 0 unspecified atom stereocenters. The topological polar surface area (TPSA) is 108 Å². The first-order valence-corrected chi connectivity index (χ1v) is 9.54. The molecule has 0 heterocycles. The van der Waals surface area contributed by atoms with Crippen molar-refractivity contribution in [2.75, 3.05) is 24.2 Å². The molecule has 0 bridgehead atoms. The Kier molecular flexibility index (Phi) is 6.40. The number of benzene rings is 2. The Morgan fingerprint density at radius 2 is 1.85 bits per heavy atom. The lowest BCUT2D eigenvalue weighted by atomic mass is 10.2. The molecule has 0 aliphatic heterocycles. The third-order valence-corrected chi connectivity index (χ3v) is 4.85. The van der Waals surface area contributed by atoms with Crippen LogP contribution in [0.1, 0.15) is 12.5 Å². The molecular weight excluding hydrogens is 360 g/mol. The molecule has 0 aliphatic rings. The zero-order chi connectivity index (χ0) is 19.2. The molecule has 2 aromatic carbocycles. The molecule has 0 aliphatic carbocycles. The molecule has 0 saturated carbocycles. The van der Waals surface area contributed by atoms with Crippen LogP contribution in [-0.4, -0.2) is 32.8 Å². The third-order valence-electron chi connectivity index (χ3n) is 3.61. The monoisotopic (exact) mass is 380 g/mol. The first-order valence-electron chi connectivity index (χ1n) is 7.89. The first kappa shape index (κ1) is 19.5. The molecule has 26 heavy (non-hydrogen) atoms. The molecule has 0 fully saturated rings. The fourth-order valence-corrected chi connectivity index (χ4v) is 3.10. The molecule has 2 aromatic rings. The molecule has 0 atom stereocenters. The zero-order valence-electron chi connectivity index (χ0n) is 14.5. The van der Waals surface area contributed by atoms with E-state index in [2.05, 4.69) is 4.72 Å². The van der Waals surface area contributed by atoms with Gasteiger partial charge in [0.05, 0.1) is 23.8 Å². The minimum Gasteiger partial charge on any atom is -0.494 e. The van der Waals surface area contributed by atoms with Gasteiger partial charge in [0.25, 0.3) is 5.69 Å². The quantitative estimate of drug-likeness (QED) is 0.529. The molecule has 8 nitrogen and oxygen atoms in total. The van der Waals surface area contributed by atoms with Gasteiger partial charge in [0.2, 0.25) is 10.0 Å². The van der Waals surface area contributed by atoms with E-state index in [1.807, 2.05) is 19.1 Å². The SMILES string of the molecule is CCc1ccc(OCCS(=O)(=O)Nc2ccc([N+](=O)[O-])cc2OC)cc1. The van der Waals surface area contributed by atoms with Crippen molar-refractivity contribution < 1.29 is 22.8 Å². The maximum absolute atomic E-state index is 12.2. The summed E-state index contributed by atoms with van der Waals surface area (Å²) in [6.07, 6.45) is 0.912. The maximum atomic E-state index is 12.2. The van der Waals surface area contributed by atoms with E-state index >= 15 is 0 Å². The van der Waals surface area contributed by atoms with Gasteiger partial charge in [-0.3, -0.25) is 14.8 Å². The zero-order valence-corrected chi connectivity index (χ0v) is 15.3. The molecule has 0 radical (unpaired) electrons. The van der Waals surface area contributed by atoms with Gasteiger partial charge in [-0.15, -0.1) is 0 Å². The molecule has 0 aromatic heterocycles. The Labute approximate surface area is 152 Å². The second-order valence-electron chi connectivity index (χ2n) is 5.41. The van der Waals surface area contributed by atoms with Gasteiger partial charge in [0.15, 0.2) is 0 Å². The number of aryl methyl sites for hydroxylation is 1.